The van der Waals surface area contributed by atoms with Crippen LogP contribution in [0.4, 0.5) is 0 Å². The van der Waals surface area contributed by atoms with Gasteiger partial charge in [-0.15, -0.1) is 22.7 Å². The van der Waals surface area contributed by atoms with E-state index in [-0.39, 0.29) is 5.91 Å². The van der Waals surface area contributed by atoms with E-state index >= 15 is 0 Å². The molecule has 0 radical (unpaired) electrons. The maximum absolute atomic E-state index is 12.5. The number of carbonyl (C=O) groups excluding carboxylic acids is 1. The maximum Gasteiger partial charge on any atom is 0.271 e. The molecule has 0 fully saturated rings. The van der Waals surface area contributed by atoms with E-state index in [1.165, 1.54) is 33.8 Å². The van der Waals surface area contributed by atoms with E-state index in [1.54, 1.807) is 6.20 Å². The fraction of sp³-hybridized carbons (Fsp3) is 0.278. The van der Waals surface area contributed by atoms with Crippen LogP contribution in [0.2, 0.25) is 0 Å². The van der Waals surface area contributed by atoms with Crippen LogP contribution in [0.3, 0.4) is 0 Å². The Bertz CT molecular complexity index is 866. The van der Waals surface area contributed by atoms with E-state index in [1.807, 2.05) is 24.6 Å². The Morgan fingerprint density at radius 3 is 2.67 bits per heavy atom. The van der Waals surface area contributed by atoms with Gasteiger partial charge in [0.1, 0.15) is 15.7 Å². The second-order valence-electron chi connectivity index (χ2n) is 6.27. The molecule has 0 saturated carbocycles. The van der Waals surface area contributed by atoms with Crippen molar-refractivity contribution in [2.45, 2.75) is 33.2 Å². The highest BCUT2D eigenvalue weighted by Gasteiger charge is 2.27. The molecule has 4 nitrogen and oxygen atoms in total. The molecule has 124 valence electrons. The van der Waals surface area contributed by atoms with Crippen LogP contribution in [0.1, 0.15) is 40.5 Å². The van der Waals surface area contributed by atoms with Crippen LogP contribution in [0.15, 0.2) is 35.2 Å². The summed E-state index contributed by atoms with van der Waals surface area (Å²) in [6.45, 7) is 8.02. The standard InChI is InChI=1S/C18H19N3OS2/c1-11-5-6-13(12(2)9-11)16-20-14(10-24-16)15(22)21-18(3,4)17-19-7-8-23-17/h5-10H,1-4H3,(H,21,22). The minimum Gasteiger partial charge on any atom is -0.339 e. The van der Waals surface area contributed by atoms with Crippen molar-refractivity contribution >= 4 is 28.6 Å². The predicted molar refractivity (Wildman–Crippen MR) is 99.6 cm³/mol. The Morgan fingerprint density at radius 2 is 2.00 bits per heavy atom. The Labute approximate surface area is 149 Å². The van der Waals surface area contributed by atoms with Crippen LogP contribution in [-0.4, -0.2) is 15.9 Å². The SMILES string of the molecule is Cc1ccc(-c2nc(C(=O)NC(C)(C)c3nccs3)cs2)c(C)c1. The minimum absolute atomic E-state index is 0.178. The van der Waals surface area contributed by atoms with Gasteiger partial charge < -0.3 is 5.32 Å². The van der Waals surface area contributed by atoms with Crippen LogP contribution in [0, 0.1) is 13.8 Å². The Hall–Kier alpha value is -2.05. The molecular formula is C18H19N3OS2. The van der Waals surface area contributed by atoms with E-state index in [2.05, 4.69) is 47.3 Å². The number of nitrogens with one attached hydrogen (secondary N) is 1. The second kappa shape index (κ2) is 6.45. The number of benzene rings is 1. The molecule has 0 aliphatic heterocycles. The van der Waals surface area contributed by atoms with Crippen molar-refractivity contribution in [2.75, 3.05) is 0 Å². The summed E-state index contributed by atoms with van der Waals surface area (Å²) in [5.41, 5.74) is 3.38. The van der Waals surface area contributed by atoms with Gasteiger partial charge in [0.15, 0.2) is 0 Å². The van der Waals surface area contributed by atoms with E-state index in [9.17, 15) is 4.79 Å². The summed E-state index contributed by atoms with van der Waals surface area (Å²) in [5.74, 6) is -0.178. The summed E-state index contributed by atoms with van der Waals surface area (Å²) in [5, 5.41) is 8.47. The molecule has 1 aromatic carbocycles. The number of nitrogens with zero attached hydrogens (tertiary/aromatic N) is 2. The Balaban J connectivity index is 1.81. The third kappa shape index (κ3) is 3.39. The lowest BCUT2D eigenvalue weighted by Gasteiger charge is -2.23. The van der Waals surface area contributed by atoms with Crippen LogP contribution >= 0.6 is 22.7 Å². The lowest BCUT2D eigenvalue weighted by molar-refractivity contribution is 0.0907. The van der Waals surface area contributed by atoms with Gasteiger partial charge in [-0.05, 0) is 33.3 Å². The van der Waals surface area contributed by atoms with Crippen molar-refractivity contribution in [3.63, 3.8) is 0 Å². The molecule has 0 aliphatic carbocycles. The molecule has 0 unspecified atom stereocenters. The molecule has 0 bridgehead atoms. The summed E-state index contributed by atoms with van der Waals surface area (Å²) in [7, 11) is 0. The predicted octanol–water partition coefficient (Wildman–Crippen LogP) is 4.55. The smallest absolute Gasteiger partial charge is 0.271 e. The fourth-order valence-electron chi connectivity index (χ4n) is 2.49. The van der Waals surface area contributed by atoms with Crippen molar-refractivity contribution in [3.05, 3.63) is 57.0 Å². The zero-order valence-corrected chi connectivity index (χ0v) is 15.7. The molecule has 24 heavy (non-hydrogen) atoms. The molecule has 1 amide bonds. The number of carbonyl (C=O) groups is 1. The van der Waals surface area contributed by atoms with E-state index in [0.717, 1.165) is 15.6 Å². The molecule has 6 heteroatoms. The first-order valence-electron chi connectivity index (χ1n) is 7.62. The molecule has 0 spiro atoms. The largest absolute Gasteiger partial charge is 0.339 e. The maximum atomic E-state index is 12.5. The lowest BCUT2D eigenvalue weighted by atomic mass is 10.1. The molecule has 0 saturated heterocycles. The van der Waals surface area contributed by atoms with Gasteiger partial charge in [0.25, 0.3) is 5.91 Å². The summed E-state index contributed by atoms with van der Waals surface area (Å²) in [6.07, 6.45) is 1.75. The molecule has 2 aromatic heterocycles. The van der Waals surface area contributed by atoms with E-state index in [4.69, 9.17) is 0 Å². The van der Waals surface area contributed by atoms with Gasteiger partial charge in [-0.25, -0.2) is 9.97 Å². The Morgan fingerprint density at radius 1 is 1.21 bits per heavy atom. The van der Waals surface area contributed by atoms with Gasteiger partial charge in [-0.2, -0.15) is 0 Å². The first-order valence-corrected chi connectivity index (χ1v) is 9.38. The highest BCUT2D eigenvalue weighted by molar-refractivity contribution is 7.13. The molecule has 3 aromatic rings. The molecule has 1 N–H and O–H groups in total. The number of thiazole rings is 2. The quantitative estimate of drug-likeness (QED) is 0.745. The van der Waals surface area contributed by atoms with Crippen LogP contribution in [0.25, 0.3) is 10.6 Å². The van der Waals surface area contributed by atoms with Crippen molar-refractivity contribution in [1.82, 2.24) is 15.3 Å². The topological polar surface area (TPSA) is 54.9 Å². The number of hydrogen-bond donors (Lipinski definition) is 1. The second-order valence-corrected chi connectivity index (χ2v) is 8.03. The first kappa shape index (κ1) is 16.8. The van der Waals surface area contributed by atoms with Crippen molar-refractivity contribution < 1.29 is 4.79 Å². The van der Waals surface area contributed by atoms with Crippen LogP contribution in [0.5, 0.6) is 0 Å². The number of aryl methyl sites for hydroxylation is 2. The summed E-state index contributed by atoms with van der Waals surface area (Å²) < 4.78 is 0. The van der Waals surface area contributed by atoms with E-state index < -0.39 is 5.54 Å². The molecular weight excluding hydrogens is 338 g/mol. The van der Waals surface area contributed by atoms with Gasteiger partial charge in [0.2, 0.25) is 0 Å². The average Bonchev–Trinajstić information content (AvgIpc) is 3.19. The fourth-order valence-corrected chi connectivity index (χ4v) is 4.10. The lowest BCUT2D eigenvalue weighted by Crippen LogP contribution is -2.41. The van der Waals surface area contributed by atoms with Gasteiger partial charge in [-0.1, -0.05) is 23.8 Å². The zero-order chi connectivity index (χ0) is 17.3. The van der Waals surface area contributed by atoms with Gasteiger partial charge in [-0.3, -0.25) is 4.79 Å². The summed E-state index contributed by atoms with van der Waals surface area (Å²) >= 11 is 3.02. The monoisotopic (exact) mass is 357 g/mol. The third-order valence-corrected chi connectivity index (χ3v) is 5.71. The molecule has 2 heterocycles. The van der Waals surface area contributed by atoms with Crippen LogP contribution in [-0.2, 0) is 5.54 Å². The average molecular weight is 358 g/mol. The van der Waals surface area contributed by atoms with Gasteiger partial charge >= 0.3 is 0 Å². The first-order chi connectivity index (χ1) is 11.4. The normalized spacial score (nSPS) is 11.5. The number of amides is 1. The minimum atomic E-state index is -0.519. The third-order valence-electron chi connectivity index (χ3n) is 3.74. The van der Waals surface area contributed by atoms with Crippen molar-refractivity contribution in [3.8, 4) is 10.6 Å². The number of rotatable bonds is 4. The molecule has 0 aliphatic rings. The summed E-state index contributed by atoms with van der Waals surface area (Å²) in [6, 6.07) is 6.25. The van der Waals surface area contributed by atoms with Crippen molar-refractivity contribution in [1.29, 1.82) is 0 Å². The summed E-state index contributed by atoms with van der Waals surface area (Å²) in [4.78, 5) is 21.4. The highest BCUT2D eigenvalue weighted by Crippen LogP contribution is 2.28. The Kier molecular flexibility index (Phi) is 4.51. The number of hydrogen-bond acceptors (Lipinski definition) is 5. The molecule has 3 rings (SSSR count). The van der Waals surface area contributed by atoms with Gasteiger partial charge in [0.05, 0.1) is 5.54 Å². The van der Waals surface area contributed by atoms with Crippen LogP contribution < -0.4 is 5.32 Å². The molecule has 0 atom stereocenters. The van der Waals surface area contributed by atoms with E-state index in [0.29, 0.717) is 5.69 Å². The van der Waals surface area contributed by atoms with Gasteiger partial charge in [0, 0.05) is 22.5 Å². The number of aromatic nitrogens is 2. The zero-order valence-electron chi connectivity index (χ0n) is 14.1. The highest BCUT2D eigenvalue weighted by atomic mass is 32.1. The van der Waals surface area contributed by atoms with Crippen molar-refractivity contribution in [2.24, 2.45) is 0 Å².